The van der Waals surface area contributed by atoms with Crippen LogP contribution in [0.2, 0.25) is 0 Å². The van der Waals surface area contributed by atoms with Crippen LogP contribution >= 0.6 is 0 Å². The Labute approximate surface area is 107 Å². The maximum absolute atomic E-state index is 8.86. The predicted molar refractivity (Wildman–Crippen MR) is 73.2 cm³/mol. The van der Waals surface area contributed by atoms with Gasteiger partial charge in [-0.25, -0.2) is 0 Å². The molecule has 0 aliphatic heterocycles. The van der Waals surface area contributed by atoms with Gasteiger partial charge in [-0.1, -0.05) is 13.8 Å². The molecule has 1 fully saturated rings. The first kappa shape index (κ1) is 14.9. The maximum atomic E-state index is 8.86. The average molecular weight is 242 g/mol. The van der Waals surface area contributed by atoms with Crippen molar-refractivity contribution in [3.05, 3.63) is 0 Å². The fraction of sp³-hybridized carbons (Fsp3) is 1.00. The monoisotopic (exact) mass is 242 g/mol. The van der Waals surface area contributed by atoms with E-state index < -0.39 is 0 Å². The third kappa shape index (κ3) is 5.36. The first-order valence-corrected chi connectivity index (χ1v) is 7.20. The number of aliphatic hydroxyl groups excluding tert-OH is 1. The molecule has 0 amide bonds. The van der Waals surface area contributed by atoms with E-state index >= 15 is 0 Å². The van der Waals surface area contributed by atoms with Crippen LogP contribution in [0.3, 0.4) is 0 Å². The lowest BCUT2D eigenvalue weighted by molar-refractivity contribution is 0.154. The van der Waals surface area contributed by atoms with Crippen molar-refractivity contribution in [1.29, 1.82) is 0 Å². The van der Waals surface area contributed by atoms with Gasteiger partial charge < -0.3 is 15.3 Å². The second kappa shape index (κ2) is 8.06. The molecule has 0 heterocycles. The Morgan fingerprint density at radius 2 is 2.12 bits per heavy atom. The highest BCUT2D eigenvalue weighted by Gasteiger charge is 2.28. The first-order valence-electron chi connectivity index (χ1n) is 7.20. The molecule has 0 radical (unpaired) electrons. The van der Waals surface area contributed by atoms with Crippen LogP contribution in [0.25, 0.3) is 0 Å². The van der Waals surface area contributed by atoms with Crippen molar-refractivity contribution >= 4 is 0 Å². The summed E-state index contributed by atoms with van der Waals surface area (Å²) in [6.07, 6.45) is 4.94. The Hall–Kier alpha value is -0.120. The second-order valence-corrected chi connectivity index (χ2v) is 5.68. The molecule has 17 heavy (non-hydrogen) atoms. The number of hydrogen-bond donors (Lipinski definition) is 2. The van der Waals surface area contributed by atoms with Crippen LogP contribution in [0, 0.1) is 11.8 Å². The van der Waals surface area contributed by atoms with Crippen LogP contribution in [0.15, 0.2) is 0 Å². The van der Waals surface area contributed by atoms with Gasteiger partial charge in [-0.3, -0.25) is 0 Å². The fourth-order valence-electron chi connectivity index (χ4n) is 3.06. The van der Waals surface area contributed by atoms with Crippen LogP contribution in [0.1, 0.15) is 39.5 Å². The van der Waals surface area contributed by atoms with E-state index in [2.05, 4.69) is 31.1 Å². The van der Waals surface area contributed by atoms with E-state index in [0.29, 0.717) is 12.6 Å². The smallest absolute Gasteiger partial charge is 0.0443 e. The molecule has 1 saturated carbocycles. The van der Waals surface area contributed by atoms with Gasteiger partial charge in [-0.05, 0) is 51.1 Å². The van der Waals surface area contributed by atoms with E-state index in [4.69, 9.17) is 5.11 Å². The molecule has 3 unspecified atom stereocenters. The van der Waals surface area contributed by atoms with Gasteiger partial charge in [0.1, 0.15) is 0 Å². The van der Waals surface area contributed by atoms with E-state index in [1.165, 1.54) is 25.8 Å². The summed E-state index contributed by atoms with van der Waals surface area (Å²) in [7, 11) is 2.18. The highest BCUT2D eigenvalue weighted by Crippen LogP contribution is 2.29. The fourth-order valence-corrected chi connectivity index (χ4v) is 3.06. The maximum Gasteiger partial charge on any atom is 0.0443 e. The first-order chi connectivity index (χ1) is 8.17. The topological polar surface area (TPSA) is 35.5 Å². The number of rotatable bonds is 7. The van der Waals surface area contributed by atoms with Gasteiger partial charge in [0.25, 0.3) is 0 Å². The molecular weight excluding hydrogens is 212 g/mol. The minimum absolute atomic E-state index is 0.308. The quantitative estimate of drug-likeness (QED) is 0.713. The van der Waals surface area contributed by atoms with Crippen LogP contribution in [-0.2, 0) is 0 Å². The second-order valence-electron chi connectivity index (χ2n) is 5.68. The standard InChI is InChI=1S/C14H30N2O/c1-4-15-14-7-6-12(2)10-13(14)11-16(3)8-5-9-17/h12-15,17H,4-11H2,1-3H3. The molecule has 1 rings (SSSR count). The predicted octanol–water partition coefficient (Wildman–Crippen LogP) is 1.71. The lowest BCUT2D eigenvalue weighted by Gasteiger charge is -2.37. The summed E-state index contributed by atoms with van der Waals surface area (Å²) < 4.78 is 0. The minimum Gasteiger partial charge on any atom is -0.396 e. The van der Waals surface area contributed by atoms with Crippen molar-refractivity contribution in [3.8, 4) is 0 Å². The summed E-state index contributed by atoms with van der Waals surface area (Å²) in [5, 5.41) is 12.5. The SMILES string of the molecule is CCNC1CCC(C)CC1CN(C)CCCO. The van der Waals surface area contributed by atoms with E-state index in [1.54, 1.807) is 0 Å². The lowest BCUT2D eigenvalue weighted by atomic mass is 9.78. The molecule has 3 nitrogen and oxygen atoms in total. The van der Waals surface area contributed by atoms with Gasteiger partial charge >= 0.3 is 0 Å². The van der Waals surface area contributed by atoms with Gasteiger partial charge in [0.2, 0.25) is 0 Å². The Balaban J connectivity index is 2.39. The zero-order valence-electron chi connectivity index (χ0n) is 11.8. The average Bonchev–Trinajstić information content (AvgIpc) is 2.30. The zero-order chi connectivity index (χ0) is 12.7. The Morgan fingerprint density at radius 1 is 1.35 bits per heavy atom. The van der Waals surface area contributed by atoms with Gasteiger partial charge in [-0.15, -0.1) is 0 Å². The van der Waals surface area contributed by atoms with Crippen LogP contribution in [-0.4, -0.2) is 49.3 Å². The van der Waals surface area contributed by atoms with Crippen molar-refractivity contribution < 1.29 is 5.11 Å². The largest absolute Gasteiger partial charge is 0.396 e. The number of hydrogen-bond acceptors (Lipinski definition) is 3. The van der Waals surface area contributed by atoms with Gasteiger partial charge in [0.15, 0.2) is 0 Å². The Morgan fingerprint density at radius 3 is 2.76 bits per heavy atom. The Bertz CT molecular complexity index is 199. The van der Waals surface area contributed by atoms with Crippen LogP contribution < -0.4 is 5.32 Å². The molecule has 2 N–H and O–H groups in total. The Kier molecular flexibility index (Phi) is 7.09. The number of aliphatic hydroxyl groups is 1. The van der Waals surface area contributed by atoms with Crippen molar-refractivity contribution in [2.24, 2.45) is 11.8 Å². The molecule has 1 aliphatic rings. The highest BCUT2D eigenvalue weighted by atomic mass is 16.3. The van der Waals surface area contributed by atoms with Gasteiger partial charge in [-0.2, -0.15) is 0 Å². The minimum atomic E-state index is 0.308. The molecule has 1 aliphatic carbocycles. The summed E-state index contributed by atoms with van der Waals surface area (Å²) >= 11 is 0. The zero-order valence-corrected chi connectivity index (χ0v) is 11.8. The van der Waals surface area contributed by atoms with Crippen molar-refractivity contribution in [3.63, 3.8) is 0 Å². The molecule has 0 aromatic carbocycles. The lowest BCUT2D eigenvalue weighted by Crippen LogP contribution is -2.45. The summed E-state index contributed by atoms with van der Waals surface area (Å²) in [4.78, 5) is 2.38. The summed E-state index contributed by atoms with van der Waals surface area (Å²) in [5.41, 5.74) is 0. The molecule has 3 atom stereocenters. The van der Waals surface area contributed by atoms with E-state index in [-0.39, 0.29) is 0 Å². The molecular formula is C14H30N2O. The van der Waals surface area contributed by atoms with Gasteiger partial charge in [0, 0.05) is 25.7 Å². The molecule has 0 aromatic heterocycles. The van der Waals surface area contributed by atoms with E-state index in [0.717, 1.165) is 31.3 Å². The molecule has 102 valence electrons. The molecule has 0 aromatic rings. The van der Waals surface area contributed by atoms with E-state index in [1.807, 2.05) is 0 Å². The van der Waals surface area contributed by atoms with E-state index in [9.17, 15) is 0 Å². The molecule has 0 spiro atoms. The third-order valence-electron chi connectivity index (χ3n) is 3.96. The van der Waals surface area contributed by atoms with Crippen molar-refractivity contribution in [2.45, 2.75) is 45.6 Å². The number of nitrogens with one attached hydrogen (secondary N) is 1. The molecule has 0 saturated heterocycles. The normalized spacial score (nSPS) is 29.8. The molecule has 3 heteroatoms. The van der Waals surface area contributed by atoms with Crippen molar-refractivity contribution in [1.82, 2.24) is 10.2 Å². The third-order valence-corrected chi connectivity index (χ3v) is 3.96. The van der Waals surface area contributed by atoms with Crippen LogP contribution in [0.5, 0.6) is 0 Å². The summed E-state index contributed by atoms with van der Waals surface area (Å²) in [6.45, 7) is 8.15. The molecule has 0 bridgehead atoms. The number of nitrogens with zero attached hydrogens (tertiary/aromatic N) is 1. The van der Waals surface area contributed by atoms with Crippen LogP contribution in [0.4, 0.5) is 0 Å². The van der Waals surface area contributed by atoms with Crippen molar-refractivity contribution in [2.75, 3.05) is 33.3 Å². The highest BCUT2D eigenvalue weighted by molar-refractivity contribution is 4.84. The summed E-state index contributed by atoms with van der Waals surface area (Å²) in [5.74, 6) is 1.66. The summed E-state index contributed by atoms with van der Waals surface area (Å²) in [6, 6.07) is 0.702. The van der Waals surface area contributed by atoms with Gasteiger partial charge in [0.05, 0.1) is 0 Å².